The van der Waals surface area contributed by atoms with Crippen LogP contribution in [0.1, 0.15) is 13.8 Å². The molecule has 0 radical (unpaired) electrons. The topological polar surface area (TPSA) is 21.3 Å². The summed E-state index contributed by atoms with van der Waals surface area (Å²) in [6.45, 7) is 3.92. The third kappa shape index (κ3) is 3.00. The second-order valence-electron chi connectivity index (χ2n) is 4.27. The molecule has 0 atom stereocenters. The van der Waals surface area contributed by atoms with Crippen LogP contribution in [0, 0.1) is 5.82 Å². The molecule has 1 N–H and O–H groups in total. The van der Waals surface area contributed by atoms with E-state index in [0.29, 0.717) is 5.69 Å². The molecular formula is C15H16FNO. The molecular weight excluding hydrogens is 229 g/mol. The zero-order valence-corrected chi connectivity index (χ0v) is 10.5. The molecule has 0 fully saturated rings. The molecule has 0 amide bonds. The first kappa shape index (κ1) is 12.4. The Morgan fingerprint density at radius 1 is 0.944 bits per heavy atom. The van der Waals surface area contributed by atoms with Crippen LogP contribution in [0.5, 0.6) is 5.75 Å². The molecule has 0 saturated carbocycles. The SMILES string of the molecule is CC(C)Oc1ccccc1Nc1ccccc1F. The minimum Gasteiger partial charge on any atom is -0.489 e. The molecule has 0 spiro atoms. The van der Waals surface area contributed by atoms with Crippen molar-refractivity contribution in [2.75, 3.05) is 5.32 Å². The molecule has 2 rings (SSSR count). The molecule has 2 nitrogen and oxygen atoms in total. The highest BCUT2D eigenvalue weighted by Crippen LogP contribution is 2.29. The van der Waals surface area contributed by atoms with E-state index in [1.54, 1.807) is 18.2 Å². The predicted molar refractivity (Wildman–Crippen MR) is 71.9 cm³/mol. The van der Waals surface area contributed by atoms with Crippen molar-refractivity contribution in [3.05, 3.63) is 54.3 Å². The predicted octanol–water partition coefficient (Wildman–Crippen LogP) is 4.36. The summed E-state index contributed by atoms with van der Waals surface area (Å²) in [5, 5.41) is 3.05. The molecule has 18 heavy (non-hydrogen) atoms. The Kier molecular flexibility index (Phi) is 3.82. The van der Waals surface area contributed by atoms with E-state index in [2.05, 4.69) is 5.32 Å². The van der Waals surface area contributed by atoms with E-state index < -0.39 is 0 Å². The van der Waals surface area contributed by atoms with Crippen molar-refractivity contribution in [2.24, 2.45) is 0 Å². The molecule has 0 aliphatic heterocycles. The molecule has 3 heteroatoms. The summed E-state index contributed by atoms with van der Waals surface area (Å²) in [4.78, 5) is 0. The van der Waals surface area contributed by atoms with Crippen LogP contribution < -0.4 is 10.1 Å². The lowest BCUT2D eigenvalue weighted by Crippen LogP contribution is -2.07. The van der Waals surface area contributed by atoms with E-state index in [1.807, 2.05) is 38.1 Å². The summed E-state index contributed by atoms with van der Waals surface area (Å²) in [5.41, 5.74) is 1.20. The lowest BCUT2D eigenvalue weighted by atomic mass is 10.2. The van der Waals surface area contributed by atoms with Crippen molar-refractivity contribution >= 4 is 11.4 Å². The maximum atomic E-state index is 13.6. The third-order valence-corrected chi connectivity index (χ3v) is 2.39. The highest BCUT2D eigenvalue weighted by Gasteiger charge is 2.07. The summed E-state index contributed by atoms with van der Waals surface area (Å²) in [7, 11) is 0. The first-order valence-corrected chi connectivity index (χ1v) is 5.94. The van der Waals surface area contributed by atoms with E-state index >= 15 is 0 Å². The van der Waals surface area contributed by atoms with E-state index in [1.165, 1.54) is 6.07 Å². The van der Waals surface area contributed by atoms with Gasteiger partial charge in [-0.2, -0.15) is 0 Å². The fraction of sp³-hybridized carbons (Fsp3) is 0.200. The summed E-state index contributed by atoms with van der Waals surface area (Å²) in [6, 6.07) is 14.1. The second kappa shape index (κ2) is 5.54. The number of ether oxygens (including phenoxy) is 1. The molecule has 0 aliphatic rings. The zero-order valence-electron chi connectivity index (χ0n) is 10.5. The Bertz CT molecular complexity index is 525. The number of hydrogen-bond donors (Lipinski definition) is 1. The highest BCUT2D eigenvalue weighted by atomic mass is 19.1. The van der Waals surface area contributed by atoms with Crippen LogP contribution in [-0.2, 0) is 0 Å². The van der Waals surface area contributed by atoms with Gasteiger partial charge < -0.3 is 10.1 Å². The van der Waals surface area contributed by atoms with Crippen LogP contribution in [0.2, 0.25) is 0 Å². The van der Waals surface area contributed by atoms with Crippen LogP contribution in [-0.4, -0.2) is 6.10 Å². The van der Waals surface area contributed by atoms with Gasteiger partial charge >= 0.3 is 0 Å². The van der Waals surface area contributed by atoms with Gasteiger partial charge in [-0.1, -0.05) is 24.3 Å². The van der Waals surface area contributed by atoms with Crippen molar-refractivity contribution < 1.29 is 9.13 Å². The molecule has 0 unspecified atom stereocenters. The van der Waals surface area contributed by atoms with Crippen LogP contribution in [0.4, 0.5) is 15.8 Å². The summed E-state index contributed by atoms with van der Waals surface area (Å²) >= 11 is 0. The molecule has 2 aromatic carbocycles. The maximum Gasteiger partial charge on any atom is 0.146 e. The first-order chi connectivity index (χ1) is 8.66. The fourth-order valence-electron chi connectivity index (χ4n) is 1.63. The molecule has 0 aliphatic carbocycles. The van der Waals surface area contributed by atoms with Gasteiger partial charge in [-0.05, 0) is 38.1 Å². The number of benzene rings is 2. The number of nitrogens with one attached hydrogen (secondary N) is 1. The van der Waals surface area contributed by atoms with Crippen molar-refractivity contribution in [3.63, 3.8) is 0 Å². The van der Waals surface area contributed by atoms with Gasteiger partial charge in [0.1, 0.15) is 11.6 Å². The maximum absolute atomic E-state index is 13.6. The number of hydrogen-bond acceptors (Lipinski definition) is 2. The monoisotopic (exact) mass is 245 g/mol. The van der Waals surface area contributed by atoms with Gasteiger partial charge in [-0.25, -0.2) is 4.39 Å². The van der Waals surface area contributed by atoms with Crippen LogP contribution in [0.3, 0.4) is 0 Å². The quantitative estimate of drug-likeness (QED) is 0.864. The summed E-state index contributed by atoms with van der Waals surface area (Å²) in [5.74, 6) is 0.438. The minimum atomic E-state index is -0.281. The molecule has 0 bridgehead atoms. The second-order valence-corrected chi connectivity index (χ2v) is 4.27. The summed E-state index contributed by atoms with van der Waals surface area (Å²) in [6.07, 6.45) is 0.0774. The lowest BCUT2D eigenvalue weighted by Gasteiger charge is -2.15. The Morgan fingerprint density at radius 2 is 1.56 bits per heavy atom. The smallest absolute Gasteiger partial charge is 0.146 e. The van der Waals surface area contributed by atoms with E-state index in [0.717, 1.165) is 11.4 Å². The Morgan fingerprint density at radius 3 is 2.22 bits per heavy atom. The largest absolute Gasteiger partial charge is 0.489 e. The molecule has 2 aromatic rings. The van der Waals surface area contributed by atoms with Gasteiger partial charge in [0.15, 0.2) is 0 Å². The van der Waals surface area contributed by atoms with E-state index in [4.69, 9.17) is 4.74 Å². The highest BCUT2D eigenvalue weighted by molar-refractivity contribution is 5.66. The summed E-state index contributed by atoms with van der Waals surface area (Å²) < 4.78 is 19.2. The van der Waals surface area contributed by atoms with Crippen molar-refractivity contribution in [2.45, 2.75) is 20.0 Å². The fourth-order valence-corrected chi connectivity index (χ4v) is 1.63. The van der Waals surface area contributed by atoms with Crippen molar-refractivity contribution in [1.82, 2.24) is 0 Å². The number of para-hydroxylation sites is 3. The van der Waals surface area contributed by atoms with Crippen LogP contribution >= 0.6 is 0 Å². The normalized spacial score (nSPS) is 10.4. The van der Waals surface area contributed by atoms with Crippen LogP contribution in [0.25, 0.3) is 0 Å². The average molecular weight is 245 g/mol. The van der Waals surface area contributed by atoms with E-state index in [9.17, 15) is 4.39 Å². The van der Waals surface area contributed by atoms with Crippen LogP contribution in [0.15, 0.2) is 48.5 Å². The standard InChI is InChI=1S/C15H16FNO/c1-11(2)18-15-10-6-5-9-14(15)17-13-8-4-3-7-12(13)16/h3-11,17H,1-2H3. The molecule has 0 heterocycles. The van der Waals surface area contributed by atoms with E-state index in [-0.39, 0.29) is 11.9 Å². The first-order valence-electron chi connectivity index (χ1n) is 5.94. The van der Waals surface area contributed by atoms with Crippen molar-refractivity contribution in [1.29, 1.82) is 0 Å². The average Bonchev–Trinajstić information content (AvgIpc) is 2.34. The Balaban J connectivity index is 2.26. The van der Waals surface area contributed by atoms with Gasteiger partial charge in [0.05, 0.1) is 17.5 Å². The zero-order chi connectivity index (χ0) is 13.0. The third-order valence-electron chi connectivity index (χ3n) is 2.39. The van der Waals surface area contributed by atoms with Gasteiger partial charge in [0.25, 0.3) is 0 Å². The number of halogens is 1. The molecule has 0 saturated heterocycles. The van der Waals surface area contributed by atoms with Gasteiger partial charge in [0.2, 0.25) is 0 Å². The van der Waals surface area contributed by atoms with Crippen molar-refractivity contribution in [3.8, 4) is 5.75 Å². The minimum absolute atomic E-state index is 0.0774. The van der Waals surface area contributed by atoms with Gasteiger partial charge in [-0.3, -0.25) is 0 Å². The molecule has 0 aromatic heterocycles. The van der Waals surface area contributed by atoms with Gasteiger partial charge in [-0.15, -0.1) is 0 Å². The molecule has 94 valence electrons. The Labute approximate surface area is 106 Å². The Hall–Kier alpha value is -2.03. The lowest BCUT2D eigenvalue weighted by molar-refractivity contribution is 0.244. The number of anilines is 2. The number of rotatable bonds is 4. The van der Waals surface area contributed by atoms with Gasteiger partial charge in [0, 0.05) is 0 Å².